The van der Waals surface area contributed by atoms with E-state index in [1.165, 1.54) is 12.3 Å². The number of halogens is 1. The Morgan fingerprint density at radius 1 is 1.58 bits per heavy atom. The molecule has 1 aromatic heterocycles. The number of amides is 1. The zero-order valence-electron chi connectivity index (χ0n) is 10.9. The molecule has 1 aromatic rings. The highest BCUT2D eigenvalue weighted by molar-refractivity contribution is 6.30. The first-order valence-electron chi connectivity index (χ1n) is 6.19. The van der Waals surface area contributed by atoms with Crippen molar-refractivity contribution in [2.45, 2.75) is 25.9 Å². The molecule has 0 unspecified atom stereocenters. The van der Waals surface area contributed by atoms with Crippen LogP contribution in [0.15, 0.2) is 17.1 Å². The summed E-state index contributed by atoms with van der Waals surface area (Å²) in [6.45, 7) is 4.46. The molecule has 104 valence electrons. The number of carbonyl (C=O) groups excluding carboxylic acids is 1. The highest BCUT2D eigenvalue weighted by Gasteiger charge is 2.36. The van der Waals surface area contributed by atoms with Crippen molar-refractivity contribution in [1.82, 2.24) is 9.88 Å². The van der Waals surface area contributed by atoms with Crippen LogP contribution in [0.5, 0.6) is 0 Å². The van der Waals surface area contributed by atoms with E-state index in [0.29, 0.717) is 18.1 Å². The summed E-state index contributed by atoms with van der Waals surface area (Å²) in [5.74, 6) is -0.315. The van der Waals surface area contributed by atoms with Crippen molar-refractivity contribution in [3.05, 3.63) is 33.2 Å². The van der Waals surface area contributed by atoms with Crippen molar-refractivity contribution in [1.29, 1.82) is 0 Å². The molecule has 0 aromatic carbocycles. The van der Waals surface area contributed by atoms with E-state index >= 15 is 0 Å². The Bertz CT molecular complexity index is 548. The Morgan fingerprint density at radius 3 is 2.84 bits per heavy atom. The minimum Gasteiger partial charge on any atom is -0.390 e. The highest BCUT2D eigenvalue weighted by atomic mass is 35.5. The maximum atomic E-state index is 12.3. The van der Waals surface area contributed by atoms with Gasteiger partial charge in [0.2, 0.25) is 0 Å². The van der Waals surface area contributed by atoms with Crippen molar-refractivity contribution in [3.63, 3.8) is 0 Å². The van der Waals surface area contributed by atoms with Gasteiger partial charge >= 0.3 is 0 Å². The van der Waals surface area contributed by atoms with Crippen molar-refractivity contribution in [2.75, 3.05) is 13.1 Å². The Morgan fingerprint density at radius 2 is 2.26 bits per heavy atom. The molecular weight excluding hydrogens is 268 g/mol. The summed E-state index contributed by atoms with van der Waals surface area (Å²) in [5, 5.41) is 10.3. The largest absolute Gasteiger partial charge is 0.390 e. The Labute approximate surface area is 116 Å². The van der Waals surface area contributed by atoms with E-state index in [9.17, 15) is 14.7 Å². The average molecular weight is 285 g/mol. The van der Waals surface area contributed by atoms with Gasteiger partial charge in [-0.25, -0.2) is 0 Å². The van der Waals surface area contributed by atoms with Gasteiger partial charge in [0, 0.05) is 25.2 Å². The molecule has 0 saturated carbocycles. The van der Waals surface area contributed by atoms with Gasteiger partial charge in [-0.05, 0) is 26.3 Å². The maximum absolute atomic E-state index is 12.3. The molecular formula is C13H17ClN2O3. The molecule has 1 atom stereocenters. The number of hydrogen-bond donors (Lipinski definition) is 2. The summed E-state index contributed by atoms with van der Waals surface area (Å²) < 4.78 is 0. The minimum absolute atomic E-state index is 0.0229. The molecule has 2 N–H and O–H groups in total. The molecule has 0 aliphatic carbocycles. The van der Waals surface area contributed by atoms with Crippen LogP contribution in [-0.2, 0) is 0 Å². The molecule has 0 bridgehead atoms. The second-order valence-electron chi connectivity index (χ2n) is 5.45. The predicted octanol–water partition coefficient (Wildman–Crippen LogP) is 1.26. The lowest BCUT2D eigenvalue weighted by Crippen LogP contribution is -2.37. The molecule has 0 spiro atoms. The van der Waals surface area contributed by atoms with E-state index in [1.54, 1.807) is 18.7 Å². The number of nitrogens with one attached hydrogen (secondary N) is 1. The molecule has 1 amide bonds. The quantitative estimate of drug-likeness (QED) is 0.859. The van der Waals surface area contributed by atoms with Crippen LogP contribution in [0.4, 0.5) is 0 Å². The number of aliphatic hydroxyl groups is 1. The Hall–Kier alpha value is -1.33. The van der Waals surface area contributed by atoms with Gasteiger partial charge in [0.05, 0.1) is 10.6 Å². The fourth-order valence-corrected chi connectivity index (χ4v) is 2.47. The fourth-order valence-electron chi connectivity index (χ4n) is 2.31. The van der Waals surface area contributed by atoms with Gasteiger partial charge in [-0.15, -0.1) is 0 Å². The first-order chi connectivity index (χ1) is 8.79. The standard InChI is InChI=1S/C13H17ClN2O3/c1-13(2,19)8-3-4-16(7-8)12(18)10-5-9(14)6-15-11(10)17/h5-6,8,19H,3-4,7H2,1-2H3,(H,15,17)/t8-/m1/s1. The molecule has 6 heteroatoms. The monoisotopic (exact) mass is 284 g/mol. The van der Waals surface area contributed by atoms with E-state index in [2.05, 4.69) is 4.98 Å². The van der Waals surface area contributed by atoms with E-state index in [1.807, 2.05) is 0 Å². The van der Waals surface area contributed by atoms with Crippen LogP contribution in [0.3, 0.4) is 0 Å². The lowest BCUT2D eigenvalue weighted by Gasteiger charge is -2.25. The van der Waals surface area contributed by atoms with E-state index in [-0.39, 0.29) is 17.4 Å². The summed E-state index contributed by atoms with van der Waals surface area (Å²) in [6, 6.07) is 1.38. The van der Waals surface area contributed by atoms with Crippen LogP contribution in [0, 0.1) is 5.92 Å². The number of aromatic amines is 1. The third-order valence-electron chi connectivity index (χ3n) is 3.57. The van der Waals surface area contributed by atoms with Crippen LogP contribution in [0.1, 0.15) is 30.6 Å². The molecule has 1 saturated heterocycles. The number of nitrogens with zero attached hydrogens (tertiary/aromatic N) is 1. The molecule has 1 aliphatic heterocycles. The van der Waals surface area contributed by atoms with Gasteiger partial charge in [-0.3, -0.25) is 9.59 Å². The molecule has 5 nitrogen and oxygen atoms in total. The molecule has 1 aliphatic rings. The van der Waals surface area contributed by atoms with Crippen LogP contribution in [0.25, 0.3) is 0 Å². The van der Waals surface area contributed by atoms with E-state index in [0.717, 1.165) is 6.42 Å². The number of rotatable bonds is 2. The van der Waals surface area contributed by atoms with Crippen molar-refractivity contribution < 1.29 is 9.90 Å². The molecule has 2 heterocycles. The Balaban J connectivity index is 2.18. The second-order valence-corrected chi connectivity index (χ2v) is 5.89. The number of aromatic nitrogens is 1. The number of hydrogen-bond acceptors (Lipinski definition) is 3. The summed E-state index contributed by atoms with van der Waals surface area (Å²) >= 11 is 5.79. The fraction of sp³-hybridized carbons (Fsp3) is 0.538. The summed E-state index contributed by atoms with van der Waals surface area (Å²) in [5.41, 5.74) is -1.22. The number of carbonyl (C=O) groups is 1. The van der Waals surface area contributed by atoms with E-state index in [4.69, 9.17) is 11.6 Å². The predicted molar refractivity (Wildman–Crippen MR) is 72.4 cm³/mol. The van der Waals surface area contributed by atoms with Crippen LogP contribution >= 0.6 is 11.6 Å². The molecule has 0 radical (unpaired) electrons. The SMILES string of the molecule is CC(C)(O)[C@@H]1CCN(C(=O)c2cc(Cl)c[nH]c2=O)C1. The lowest BCUT2D eigenvalue weighted by atomic mass is 9.90. The minimum atomic E-state index is -0.824. The lowest BCUT2D eigenvalue weighted by molar-refractivity contribution is 0.0211. The van der Waals surface area contributed by atoms with Crippen LogP contribution in [-0.4, -0.2) is 39.6 Å². The third kappa shape index (κ3) is 2.98. The molecule has 2 rings (SSSR count). The van der Waals surface area contributed by atoms with Gasteiger partial charge in [-0.2, -0.15) is 0 Å². The topological polar surface area (TPSA) is 73.4 Å². The van der Waals surface area contributed by atoms with Crippen molar-refractivity contribution >= 4 is 17.5 Å². The summed E-state index contributed by atoms with van der Waals surface area (Å²) in [7, 11) is 0. The second kappa shape index (κ2) is 4.98. The molecule has 1 fully saturated rings. The van der Waals surface area contributed by atoms with Gasteiger partial charge in [0.15, 0.2) is 0 Å². The zero-order chi connectivity index (χ0) is 14.2. The van der Waals surface area contributed by atoms with Crippen LogP contribution in [0.2, 0.25) is 5.02 Å². The highest BCUT2D eigenvalue weighted by Crippen LogP contribution is 2.27. The van der Waals surface area contributed by atoms with Crippen LogP contribution < -0.4 is 5.56 Å². The first kappa shape index (κ1) is 14.1. The number of likely N-dealkylation sites (tertiary alicyclic amines) is 1. The smallest absolute Gasteiger partial charge is 0.260 e. The average Bonchev–Trinajstić information content (AvgIpc) is 2.80. The normalized spacial score (nSPS) is 19.8. The number of H-pyrrole nitrogens is 1. The zero-order valence-corrected chi connectivity index (χ0v) is 11.7. The maximum Gasteiger partial charge on any atom is 0.260 e. The summed E-state index contributed by atoms with van der Waals surface area (Å²) in [4.78, 5) is 27.9. The van der Waals surface area contributed by atoms with Crippen molar-refractivity contribution in [3.8, 4) is 0 Å². The third-order valence-corrected chi connectivity index (χ3v) is 3.79. The van der Waals surface area contributed by atoms with E-state index < -0.39 is 11.2 Å². The molecule has 19 heavy (non-hydrogen) atoms. The Kier molecular flexibility index (Phi) is 3.69. The van der Waals surface area contributed by atoms with Gasteiger partial charge in [-0.1, -0.05) is 11.6 Å². The van der Waals surface area contributed by atoms with Gasteiger partial charge in [0.1, 0.15) is 5.56 Å². The van der Waals surface area contributed by atoms with Gasteiger partial charge in [0.25, 0.3) is 11.5 Å². The van der Waals surface area contributed by atoms with Gasteiger partial charge < -0.3 is 15.0 Å². The summed E-state index contributed by atoms with van der Waals surface area (Å²) in [6.07, 6.45) is 2.08. The number of pyridine rings is 1. The first-order valence-corrected chi connectivity index (χ1v) is 6.56. The van der Waals surface area contributed by atoms with Crippen molar-refractivity contribution in [2.24, 2.45) is 5.92 Å².